The second kappa shape index (κ2) is 4.17. The Morgan fingerprint density at radius 1 is 1.33 bits per heavy atom. The van der Waals surface area contributed by atoms with Gasteiger partial charge in [0, 0.05) is 23.1 Å². The van der Waals surface area contributed by atoms with Gasteiger partial charge in [-0.2, -0.15) is 0 Å². The van der Waals surface area contributed by atoms with Crippen LogP contribution in [0.2, 0.25) is 0 Å². The summed E-state index contributed by atoms with van der Waals surface area (Å²) >= 11 is 0. The van der Waals surface area contributed by atoms with Crippen molar-refractivity contribution in [1.29, 1.82) is 0 Å². The highest BCUT2D eigenvalue weighted by Gasteiger charge is 2.32. The van der Waals surface area contributed by atoms with Crippen molar-refractivity contribution < 1.29 is 18.4 Å². The zero-order valence-electron chi connectivity index (χ0n) is 9.49. The summed E-state index contributed by atoms with van der Waals surface area (Å²) in [6.07, 6.45) is 1.99. The zero-order chi connectivity index (χ0) is 12.7. The third kappa shape index (κ3) is 1.80. The van der Waals surface area contributed by atoms with E-state index in [2.05, 4.69) is 5.16 Å². The summed E-state index contributed by atoms with van der Waals surface area (Å²) in [5, 5.41) is 13.2. The van der Waals surface area contributed by atoms with E-state index >= 15 is 0 Å². The monoisotopic (exact) mass is 251 g/mol. The molecular weight excluding hydrogens is 240 g/mol. The molecule has 1 saturated carbocycles. The van der Waals surface area contributed by atoms with E-state index in [0.717, 1.165) is 25.0 Å². The molecule has 0 unspecified atom stereocenters. The summed E-state index contributed by atoms with van der Waals surface area (Å²) in [6.45, 7) is -0.262. The van der Waals surface area contributed by atoms with Crippen LogP contribution in [0.3, 0.4) is 0 Å². The Bertz CT molecular complexity index is 591. The predicted octanol–water partition coefficient (Wildman–Crippen LogP) is 2.99. The molecule has 0 aliphatic heterocycles. The van der Waals surface area contributed by atoms with Crippen LogP contribution in [0.5, 0.6) is 0 Å². The molecule has 1 aliphatic rings. The minimum absolute atomic E-state index is 0.149. The minimum atomic E-state index is -0.708. The molecule has 1 aromatic heterocycles. The van der Waals surface area contributed by atoms with Crippen LogP contribution in [0.15, 0.2) is 22.7 Å². The van der Waals surface area contributed by atoms with Gasteiger partial charge in [-0.05, 0) is 25.0 Å². The smallest absolute Gasteiger partial charge is 0.145 e. The van der Waals surface area contributed by atoms with Gasteiger partial charge in [-0.3, -0.25) is 0 Å². The lowest BCUT2D eigenvalue weighted by atomic mass is 10.0. The first-order chi connectivity index (χ1) is 8.70. The van der Waals surface area contributed by atoms with Gasteiger partial charge in [0.1, 0.15) is 23.1 Å². The SMILES string of the molecule is OCc1c(-c2ccc(F)cc2F)noc1C1CC1. The maximum Gasteiger partial charge on any atom is 0.145 e. The molecule has 1 N–H and O–H groups in total. The standard InChI is InChI=1S/C13H11F2NO2/c14-8-3-4-9(11(15)5-8)12-10(6-17)13(18-16-12)7-1-2-7/h3-5,7,17H,1-2,6H2. The van der Waals surface area contributed by atoms with E-state index in [4.69, 9.17) is 4.52 Å². The lowest BCUT2D eigenvalue weighted by Gasteiger charge is -2.02. The van der Waals surface area contributed by atoms with Gasteiger partial charge < -0.3 is 9.63 Å². The number of rotatable bonds is 3. The van der Waals surface area contributed by atoms with Gasteiger partial charge in [-0.25, -0.2) is 8.78 Å². The summed E-state index contributed by atoms with van der Waals surface area (Å²) in [7, 11) is 0. The number of aliphatic hydroxyl groups excluding tert-OH is 1. The maximum absolute atomic E-state index is 13.7. The average Bonchev–Trinajstić information content (AvgIpc) is 3.10. The van der Waals surface area contributed by atoms with Crippen LogP contribution in [0, 0.1) is 11.6 Å². The van der Waals surface area contributed by atoms with Gasteiger partial charge in [0.15, 0.2) is 0 Å². The van der Waals surface area contributed by atoms with E-state index in [0.29, 0.717) is 11.3 Å². The van der Waals surface area contributed by atoms with E-state index < -0.39 is 11.6 Å². The topological polar surface area (TPSA) is 46.3 Å². The van der Waals surface area contributed by atoms with Crippen LogP contribution in [0.25, 0.3) is 11.3 Å². The minimum Gasteiger partial charge on any atom is -0.391 e. The molecule has 3 rings (SSSR count). The van der Waals surface area contributed by atoms with Gasteiger partial charge in [0.2, 0.25) is 0 Å². The van der Waals surface area contributed by atoms with Crippen molar-refractivity contribution in [3.8, 4) is 11.3 Å². The average molecular weight is 251 g/mol. The molecule has 94 valence electrons. The summed E-state index contributed by atoms with van der Waals surface area (Å²) in [5.74, 6) is -0.457. The quantitative estimate of drug-likeness (QED) is 0.912. The Balaban J connectivity index is 2.10. The number of hydrogen-bond donors (Lipinski definition) is 1. The first kappa shape index (κ1) is 11.3. The van der Waals surface area contributed by atoms with Crippen LogP contribution >= 0.6 is 0 Å². The molecule has 0 spiro atoms. The van der Waals surface area contributed by atoms with Crippen molar-refractivity contribution in [3.63, 3.8) is 0 Å². The normalized spacial score (nSPS) is 15.1. The molecule has 2 aromatic rings. The Labute approximate surface area is 102 Å². The van der Waals surface area contributed by atoms with Crippen molar-refractivity contribution in [1.82, 2.24) is 5.16 Å². The summed E-state index contributed by atoms with van der Waals surface area (Å²) in [4.78, 5) is 0. The highest BCUT2D eigenvalue weighted by Crippen LogP contribution is 2.44. The van der Waals surface area contributed by atoms with Crippen LogP contribution < -0.4 is 0 Å². The van der Waals surface area contributed by atoms with Crippen molar-refractivity contribution >= 4 is 0 Å². The second-order valence-electron chi connectivity index (χ2n) is 4.43. The fourth-order valence-corrected chi connectivity index (χ4v) is 2.03. The maximum atomic E-state index is 13.7. The van der Waals surface area contributed by atoms with Crippen LogP contribution in [-0.4, -0.2) is 10.3 Å². The second-order valence-corrected chi connectivity index (χ2v) is 4.43. The lowest BCUT2D eigenvalue weighted by molar-refractivity contribution is 0.277. The lowest BCUT2D eigenvalue weighted by Crippen LogP contribution is -1.93. The summed E-state index contributed by atoms with van der Waals surface area (Å²) in [6, 6.07) is 3.26. The number of halogens is 2. The number of nitrogens with zero attached hydrogens (tertiary/aromatic N) is 1. The largest absolute Gasteiger partial charge is 0.391 e. The van der Waals surface area contributed by atoms with Crippen LogP contribution in [0.1, 0.15) is 30.1 Å². The van der Waals surface area contributed by atoms with Gasteiger partial charge in [-0.1, -0.05) is 5.16 Å². The molecule has 1 heterocycles. The van der Waals surface area contributed by atoms with Gasteiger partial charge in [0.05, 0.1) is 6.61 Å². The molecule has 1 fully saturated rings. The number of aliphatic hydroxyl groups is 1. The van der Waals surface area contributed by atoms with E-state index in [1.54, 1.807) is 0 Å². The zero-order valence-corrected chi connectivity index (χ0v) is 9.49. The fourth-order valence-electron chi connectivity index (χ4n) is 2.03. The van der Waals surface area contributed by atoms with Crippen molar-refractivity contribution in [2.75, 3.05) is 0 Å². The van der Waals surface area contributed by atoms with E-state index in [9.17, 15) is 13.9 Å². The predicted molar refractivity (Wildman–Crippen MR) is 59.8 cm³/mol. The molecule has 0 radical (unpaired) electrons. The molecule has 1 aromatic carbocycles. The Kier molecular flexibility index (Phi) is 2.63. The summed E-state index contributed by atoms with van der Waals surface area (Å²) in [5.41, 5.74) is 0.913. The van der Waals surface area contributed by atoms with E-state index in [1.165, 1.54) is 6.07 Å². The van der Waals surface area contributed by atoms with Gasteiger partial charge in [0.25, 0.3) is 0 Å². The molecule has 5 heteroatoms. The highest BCUT2D eigenvalue weighted by molar-refractivity contribution is 5.64. The Morgan fingerprint density at radius 3 is 2.72 bits per heavy atom. The molecule has 0 atom stereocenters. The molecule has 0 saturated heterocycles. The van der Waals surface area contributed by atoms with Gasteiger partial charge >= 0.3 is 0 Å². The van der Waals surface area contributed by atoms with Crippen LogP contribution in [-0.2, 0) is 6.61 Å². The first-order valence-electron chi connectivity index (χ1n) is 5.75. The molecular formula is C13H11F2NO2. The van der Waals surface area contributed by atoms with Gasteiger partial charge in [-0.15, -0.1) is 0 Å². The van der Waals surface area contributed by atoms with Crippen molar-refractivity contribution in [2.24, 2.45) is 0 Å². The molecule has 18 heavy (non-hydrogen) atoms. The van der Waals surface area contributed by atoms with E-state index in [1.807, 2.05) is 0 Å². The molecule has 0 amide bonds. The van der Waals surface area contributed by atoms with Crippen molar-refractivity contribution in [2.45, 2.75) is 25.4 Å². The third-order valence-corrected chi connectivity index (χ3v) is 3.11. The van der Waals surface area contributed by atoms with Crippen LogP contribution in [0.4, 0.5) is 8.78 Å². The van der Waals surface area contributed by atoms with Crippen molar-refractivity contribution in [3.05, 3.63) is 41.2 Å². The van der Waals surface area contributed by atoms with E-state index in [-0.39, 0.29) is 23.8 Å². The molecule has 0 bridgehead atoms. The third-order valence-electron chi connectivity index (χ3n) is 3.11. The fraction of sp³-hybridized carbons (Fsp3) is 0.308. The number of aromatic nitrogens is 1. The molecule has 3 nitrogen and oxygen atoms in total. The highest BCUT2D eigenvalue weighted by atomic mass is 19.1. The Morgan fingerprint density at radius 2 is 2.11 bits per heavy atom. The molecule has 1 aliphatic carbocycles. The first-order valence-corrected chi connectivity index (χ1v) is 5.75. The number of hydrogen-bond acceptors (Lipinski definition) is 3. The Hall–Kier alpha value is -1.75. The number of benzene rings is 1. The summed E-state index contributed by atoms with van der Waals surface area (Å²) < 4.78 is 31.7.